The van der Waals surface area contributed by atoms with Gasteiger partial charge in [-0.05, 0) is 18.4 Å². The van der Waals surface area contributed by atoms with Gasteiger partial charge in [-0.25, -0.2) is 0 Å². The molecule has 0 amide bonds. The summed E-state index contributed by atoms with van der Waals surface area (Å²) in [6, 6.07) is -0.0881. The highest BCUT2D eigenvalue weighted by atomic mass is 32.2. The molecule has 0 spiro atoms. The molecule has 2 N–H and O–H groups in total. The zero-order valence-electron chi connectivity index (χ0n) is 7.28. The Bertz CT molecular complexity index is 238. The third-order valence-electron chi connectivity index (χ3n) is 1.51. The number of nitrogens with zero attached hydrogens (tertiary/aromatic N) is 2. The summed E-state index contributed by atoms with van der Waals surface area (Å²) in [5.74, 6) is 2.21. The van der Waals surface area contributed by atoms with E-state index in [9.17, 15) is 0 Å². The summed E-state index contributed by atoms with van der Waals surface area (Å²) in [6.45, 7) is 1.76. The largest absolute Gasteiger partial charge is 0.340 e. The van der Waals surface area contributed by atoms with Crippen LogP contribution in [0.3, 0.4) is 0 Å². The van der Waals surface area contributed by atoms with Gasteiger partial charge in [0.15, 0.2) is 5.82 Å². The van der Waals surface area contributed by atoms with Gasteiger partial charge < -0.3 is 10.3 Å². The smallest absolute Gasteiger partial charge is 0.223 e. The van der Waals surface area contributed by atoms with Crippen LogP contribution in [-0.4, -0.2) is 22.1 Å². The van der Waals surface area contributed by atoms with E-state index in [1.807, 2.05) is 6.26 Å². The molecule has 1 atom stereocenters. The Morgan fingerprint density at radius 3 is 2.92 bits per heavy atom. The fourth-order valence-electron chi connectivity index (χ4n) is 0.839. The average molecular weight is 187 g/mol. The molecule has 1 aromatic heterocycles. The van der Waals surface area contributed by atoms with Crippen molar-refractivity contribution in [3.63, 3.8) is 0 Å². The normalized spacial score (nSPS) is 13.2. The van der Waals surface area contributed by atoms with Gasteiger partial charge in [-0.2, -0.15) is 16.7 Å². The lowest BCUT2D eigenvalue weighted by atomic mass is 10.2. The van der Waals surface area contributed by atoms with Crippen LogP contribution in [-0.2, 0) is 0 Å². The van der Waals surface area contributed by atoms with Crippen LogP contribution >= 0.6 is 11.8 Å². The van der Waals surface area contributed by atoms with E-state index >= 15 is 0 Å². The lowest BCUT2D eigenvalue weighted by Gasteiger charge is -2.03. The Hall–Kier alpha value is -0.550. The molecule has 0 aliphatic carbocycles. The van der Waals surface area contributed by atoms with Gasteiger partial charge in [-0.3, -0.25) is 0 Å². The molecule has 1 unspecified atom stereocenters. The van der Waals surface area contributed by atoms with Gasteiger partial charge in [0.25, 0.3) is 0 Å². The molecule has 0 aliphatic rings. The molecule has 12 heavy (non-hydrogen) atoms. The first kappa shape index (κ1) is 9.54. The van der Waals surface area contributed by atoms with E-state index in [0.29, 0.717) is 11.7 Å². The summed E-state index contributed by atoms with van der Waals surface area (Å²) in [7, 11) is 0. The lowest BCUT2D eigenvalue weighted by Crippen LogP contribution is -2.12. The maximum atomic E-state index is 5.80. The summed E-state index contributed by atoms with van der Waals surface area (Å²) in [4.78, 5) is 4.05. The lowest BCUT2D eigenvalue weighted by molar-refractivity contribution is 0.383. The maximum Gasteiger partial charge on any atom is 0.223 e. The second-order valence-electron chi connectivity index (χ2n) is 2.56. The predicted molar refractivity (Wildman–Crippen MR) is 49.0 cm³/mol. The minimum atomic E-state index is -0.0881. The van der Waals surface area contributed by atoms with Crippen LogP contribution in [0.25, 0.3) is 0 Å². The Morgan fingerprint density at radius 1 is 1.67 bits per heavy atom. The number of aromatic nitrogens is 2. The molecule has 1 heterocycles. The van der Waals surface area contributed by atoms with Crippen molar-refractivity contribution in [3.8, 4) is 0 Å². The predicted octanol–water partition coefficient (Wildman–Crippen LogP) is 1.13. The van der Waals surface area contributed by atoms with Gasteiger partial charge in [0.05, 0.1) is 6.04 Å². The number of nitrogens with two attached hydrogens (primary N) is 1. The molecule has 1 aromatic rings. The van der Waals surface area contributed by atoms with Crippen LogP contribution < -0.4 is 5.73 Å². The molecule has 0 saturated heterocycles. The standard InChI is InChI=1S/C7H13N3OS/c1-5-9-7(10-11-5)6(8)3-4-12-2/h6H,3-4,8H2,1-2H3. The van der Waals surface area contributed by atoms with Crippen LogP contribution in [0, 0.1) is 6.92 Å². The Kier molecular flexibility index (Phi) is 3.55. The average Bonchev–Trinajstić information content (AvgIpc) is 2.47. The number of hydrogen-bond acceptors (Lipinski definition) is 5. The molecule has 0 aliphatic heterocycles. The number of thioether (sulfide) groups is 1. The van der Waals surface area contributed by atoms with Crippen LogP contribution in [0.1, 0.15) is 24.2 Å². The van der Waals surface area contributed by atoms with Crippen molar-refractivity contribution in [2.45, 2.75) is 19.4 Å². The first-order chi connectivity index (χ1) is 5.74. The molecule has 0 saturated carbocycles. The van der Waals surface area contributed by atoms with Gasteiger partial charge in [-0.15, -0.1) is 0 Å². The van der Waals surface area contributed by atoms with Gasteiger partial charge in [0.1, 0.15) is 0 Å². The second kappa shape index (κ2) is 4.47. The van der Waals surface area contributed by atoms with Gasteiger partial charge in [0, 0.05) is 6.92 Å². The van der Waals surface area contributed by atoms with Crippen LogP contribution in [0.15, 0.2) is 4.52 Å². The topological polar surface area (TPSA) is 64.9 Å². The molecule has 0 aromatic carbocycles. The van der Waals surface area contributed by atoms with E-state index in [0.717, 1.165) is 12.2 Å². The molecule has 0 bridgehead atoms. The third-order valence-corrected chi connectivity index (χ3v) is 2.15. The first-order valence-electron chi connectivity index (χ1n) is 3.78. The summed E-state index contributed by atoms with van der Waals surface area (Å²) in [5.41, 5.74) is 5.80. The van der Waals surface area contributed by atoms with E-state index in [4.69, 9.17) is 10.3 Å². The number of hydrogen-bond donors (Lipinski definition) is 1. The van der Waals surface area contributed by atoms with Gasteiger partial charge in [-0.1, -0.05) is 5.16 Å². The second-order valence-corrected chi connectivity index (χ2v) is 3.55. The monoisotopic (exact) mass is 187 g/mol. The van der Waals surface area contributed by atoms with E-state index in [1.165, 1.54) is 0 Å². The van der Waals surface area contributed by atoms with Crippen LogP contribution in [0.4, 0.5) is 0 Å². The van der Waals surface area contributed by atoms with Crippen molar-refractivity contribution in [1.29, 1.82) is 0 Å². The SMILES string of the molecule is CSCCC(N)c1noc(C)n1. The van der Waals surface area contributed by atoms with Crippen LogP contribution in [0.2, 0.25) is 0 Å². The van der Waals surface area contributed by atoms with Crippen molar-refractivity contribution in [3.05, 3.63) is 11.7 Å². The minimum absolute atomic E-state index is 0.0881. The fraction of sp³-hybridized carbons (Fsp3) is 0.714. The van der Waals surface area contributed by atoms with E-state index in [-0.39, 0.29) is 6.04 Å². The highest BCUT2D eigenvalue weighted by Crippen LogP contribution is 2.12. The molecule has 4 nitrogen and oxygen atoms in total. The summed E-state index contributed by atoms with van der Waals surface area (Å²) < 4.78 is 4.82. The molecule has 1 rings (SSSR count). The molecule has 0 radical (unpaired) electrons. The molecule has 0 fully saturated rings. The maximum absolute atomic E-state index is 5.80. The van der Waals surface area contributed by atoms with Crippen molar-refractivity contribution in [1.82, 2.24) is 10.1 Å². The highest BCUT2D eigenvalue weighted by molar-refractivity contribution is 7.98. The molecule has 68 valence electrons. The Morgan fingerprint density at radius 2 is 2.42 bits per heavy atom. The third kappa shape index (κ3) is 2.49. The van der Waals surface area contributed by atoms with E-state index in [2.05, 4.69) is 10.1 Å². The molecule has 5 heteroatoms. The number of rotatable bonds is 4. The van der Waals surface area contributed by atoms with Crippen molar-refractivity contribution in [2.75, 3.05) is 12.0 Å². The first-order valence-corrected chi connectivity index (χ1v) is 5.18. The molecular formula is C7H13N3OS. The van der Waals surface area contributed by atoms with Crippen LogP contribution in [0.5, 0.6) is 0 Å². The zero-order valence-corrected chi connectivity index (χ0v) is 8.10. The summed E-state index contributed by atoms with van der Waals surface area (Å²) in [6.07, 6.45) is 2.94. The van der Waals surface area contributed by atoms with E-state index < -0.39 is 0 Å². The number of aryl methyl sites for hydroxylation is 1. The van der Waals surface area contributed by atoms with Gasteiger partial charge in [0.2, 0.25) is 5.89 Å². The summed E-state index contributed by atoms with van der Waals surface area (Å²) in [5, 5.41) is 3.75. The Balaban J connectivity index is 2.47. The highest BCUT2D eigenvalue weighted by Gasteiger charge is 2.11. The van der Waals surface area contributed by atoms with Crippen molar-refractivity contribution >= 4 is 11.8 Å². The van der Waals surface area contributed by atoms with Gasteiger partial charge >= 0.3 is 0 Å². The minimum Gasteiger partial charge on any atom is -0.340 e. The van der Waals surface area contributed by atoms with Crippen molar-refractivity contribution < 1.29 is 4.52 Å². The van der Waals surface area contributed by atoms with Crippen molar-refractivity contribution in [2.24, 2.45) is 5.73 Å². The zero-order chi connectivity index (χ0) is 8.97. The Labute approximate surface area is 75.9 Å². The fourth-order valence-corrected chi connectivity index (χ4v) is 1.33. The summed E-state index contributed by atoms with van der Waals surface area (Å²) >= 11 is 1.77. The van der Waals surface area contributed by atoms with E-state index in [1.54, 1.807) is 18.7 Å². The quantitative estimate of drug-likeness (QED) is 0.765. The molecular weight excluding hydrogens is 174 g/mol.